The van der Waals surface area contributed by atoms with E-state index in [0.29, 0.717) is 6.61 Å². The Bertz CT molecular complexity index is 365. The fourth-order valence-corrected chi connectivity index (χ4v) is 1.06. The van der Waals surface area contributed by atoms with Gasteiger partial charge in [0.05, 0.1) is 11.5 Å². The molecule has 0 fully saturated rings. The molecule has 76 valence electrons. The van der Waals surface area contributed by atoms with Crippen molar-refractivity contribution in [1.82, 2.24) is 0 Å². The standard InChI is InChI=1S/C8H11N3O3/c1-2-14-7-4-5(9)3-6(8(7)10)11(12)13/h3-4H,2,9-10H2,1H3. The number of hydrogen-bond donors (Lipinski definition) is 2. The van der Waals surface area contributed by atoms with E-state index in [0.717, 1.165) is 0 Å². The van der Waals surface area contributed by atoms with Gasteiger partial charge in [-0.15, -0.1) is 0 Å². The van der Waals surface area contributed by atoms with Crippen LogP contribution in [0.5, 0.6) is 5.75 Å². The van der Waals surface area contributed by atoms with E-state index in [-0.39, 0.29) is 22.8 Å². The molecule has 6 nitrogen and oxygen atoms in total. The maximum absolute atomic E-state index is 10.5. The van der Waals surface area contributed by atoms with Gasteiger partial charge in [-0.3, -0.25) is 10.1 Å². The second-order valence-corrected chi connectivity index (χ2v) is 2.64. The van der Waals surface area contributed by atoms with Crippen LogP contribution in [0.1, 0.15) is 6.92 Å². The number of anilines is 2. The average Bonchev–Trinajstić information content (AvgIpc) is 2.10. The molecule has 4 N–H and O–H groups in total. The predicted molar refractivity (Wildman–Crippen MR) is 53.1 cm³/mol. The SMILES string of the molecule is CCOc1cc(N)cc([N+](=O)[O-])c1N. The smallest absolute Gasteiger partial charge is 0.298 e. The first-order chi connectivity index (χ1) is 6.56. The molecule has 0 aromatic heterocycles. The molecule has 0 spiro atoms. The van der Waals surface area contributed by atoms with E-state index >= 15 is 0 Å². The zero-order valence-corrected chi connectivity index (χ0v) is 7.69. The molecule has 1 aromatic carbocycles. The van der Waals surface area contributed by atoms with Gasteiger partial charge in [-0.1, -0.05) is 0 Å². The Kier molecular flexibility index (Phi) is 2.76. The second kappa shape index (κ2) is 3.82. The van der Waals surface area contributed by atoms with Gasteiger partial charge in [0.15, 0.2) is 11.4 Å². The third-order valence-corrected chi connectivity index (χ3v) is 1.64. The topological polar surface area (TPSA) is 104 Å². The molecule has 0 amide bonds. The van der Waals surface area contributed by atoms with Gasteiger partial charge in [-0.25, -0.2) is 0 Å². The van der Waals surface area contributed by atoms with Crippen molar-refractivity contribution in [1.29, 1.82) is 0 Å². The molecular weight excluding hydrogens is 186 g/mol. The Hall–Kier alpha value is -1.98. The molecule has 0 aliphatic heterocycles. The molecule has 0 saturated heterocycles. The fraction of sp³-hybridized carbons (Fsp3) is 0.250. The van der Waals surface area contributed by atoms with Crippen LogP contribution in [-0.2, 0) is 0 Å². The highest BCUT2D eigenvalue weighted by atomic mass is 16.6. The largest absolute Gasteiger partial charge is 0.491 e. The maximum atomic E-state index is 10.5. The molecular formula is C8H11N3O3. The third kappa shape index (κ3) is 1.85. The minimum atomic E-state index is -0.589. The van der Waals surface area contributed by atoms with Crippen molar-refractivity contribution < 1.29 is 9.66 Å². The second-order valence-electron chi connectivity index (χ2n) is 2.64. The molecule has 1 rings (SSSR count). The van der Waals surface area contributed by atoms with E-state index in [1.165, 1.54) is 12.1 Å². The highest BCUT2D eigenvalue weighted by Gasteiger charge is 2.16. The van der Waals surface area contributed by atoms with E-state index < -0.39 is 4.92 Å². The number of nitrogens with two attached hydrogens (primary N) is 2. The van der Waals surface area contributed by atoms with E-state index in [9.17, 15) is 10.1 Å². The van der Waals surface area contributed by atoms with Gasteiger partial charge in [-0.05, 0) is 6.92 Å². The van der Waals surface area contributed by atoms with Crippen LogP contribution >= 0.6 is 0 Å². The molecule has 1 aromatic rings. The van der Waals surface area contributed by atoms with E-state index in [4.69, 9.17) is 16.2 Å². The van der Waals surface area contributed by atoms with Crippen LogP contribution < -0.4 is 16.2 Å². The fourth-order valence-electron chi connectivity index (χ4n) is 1.06. The minimum absolute atomic E-state index is 0.00560. The Balaban J connectivity index is 3.24. The number of nitro groups is 1. The first-order valence-corrected chi connectivity index (χ1v) is 4.02. The summed E-state index contributed by atoms with van der Waals surface area (Å²) >= 11 is 0. The van der Waals surface area contributed by atoms with Crippen LogP contribution in [0.15, 0.2) is 12.1 Å². The summed E-state index contributed by atoms with van der Waals surface area (Å²) in [6.07, 6.45) is 0. The third-order valence-electron chi connectivity index (χ3n) is 1.64. The molecule has 0 bridgehead atoms. The molecule has 0 heterocycles. The lowest BCUT2D eigenvalue weighted by molar-refractivity contribution is -0.383. The van der Waals surface area contributed by atoms with Gasteiger partial charge in [0, 0.05) is 17.8 Å². The maximum Gasteiger partial charge on any atom is 0.298 e. The number of nitrogens with zero attached hydrogens (tertiary/aromatic N) is 1. The van der Waals surface area contributed by atoms with Gasteiger partial charge in [0.25, 0.3) is 5.69 Å². The van der Waals surface area contributed by atoms with Crippen LogP contribution in [0, 0.1) is 10.1 Å². The molecule has 0 unspecified atom stereocenters. The van der Waals surface area contributed by atoms with Gasteiger partial charge >= 0.3 is 0 Å². The number of rotatable bonds is 3. The van der Waals surface area contributed by atoms with E-state index in [1.54, 1.807) is 6.92 Å². The van der Waals surface area contributed by atoms with Gasteiger partial charge in [0.1, 0.15) is 0 Å². The van der Waals surface area contributed by atoms with Gasteiger partial charge < -0.3 is 16.2 Å². The number of ether oxygens (including phenoxy) is 1. The van der Waals surface area contributed by atoms with E-state index in [2.05, 4.69) is 0 Å². The number of nitro benzene ring substituents is 1. The van der Waals surface area contributed by atoms with Crippen LogP contribution in [0.2, 0.25) is 0 Å². The van der Waals surface area contributed by atoms with Crippen molar-refractivity contribution in [2.75, 3.05) is 18.1 Å². The van der Waals surface area contributed by atoms with Crippen molar-refractivity contribution >= 4 is 17.1 Å². The molecule has 0 radical (unpaired) electrons. The van der Waals surface area contributed by atoms with Crippen molar-refractivity contribution in [2.24, 2.45) is 0 Å². The lowest BCUT2D eigenvalue weighted by Crippen LogP contribution is -2.02. The van der Waals surface area contributed by atoms with Crippen molar-refractivity contribution in [3.05, 3.63) is 22.2 Å². The average molecular weight is 197 g/mol. The lowest BCUT2D eigenvalue weighted by Gasteiger charge is -2.07. The summed E-state index contributed by atoms with van der Waals surface area (Å²) < 4.78 is 5.10. The first-order valence-electron chi connectivity index (χ1n) is 4.02. The zero-order valence-electron chi connectivity index (χ0n) is 7.69. The highest BCUT2D eigenvalue weighted by molar-refractivity contribution is 5.72. The monoisotopic (exact) mass is 197 g/mol. The molecule has 0 saturated carbocycles. The van der Waals surface area contributed by atoms with Crippen LogP contribution in [0.25, 0.3) is 0 Å². The van der Waals surface area contributed by atoms with Gasteiger partial charge in [0.2, 0.25) is 0 Å². The number of nitrogen functional groups attached to an aromatic ring is 2. The van der Waals surface area contributed by atoms with Gasteiger partial charge in [-0.2, -0.15) is 0 Å². The lowest BCUT2D eigenvalue weighted by atomic mass is 10.2. The molecule has 0 aliphatic rings. The summed E-state index contributed by atoms with van der Waals surface area (Å²) in [6.45, 7) is 2.14. The molecule has 0 aliphatic carbocycles. The molecule has 14 heavy (non-hydrogen) atoms. The quantitative estimate of drug-likeness (QED) is 0.429. The molecule has 6 heteroatoms. The summed E-state index contributed by atoms with van der Waals surface area (Å²) in [6, 6.07) is 2.67. The van der Waals surface area contributed by atoms with Crippen LogP contribution in [-0.4, -0.2) is 11.5 Å². The first kappa shape index (κ1) is 10.1. The normalized spacial score (nSPS) is 9.79. The van der Waals surface area contributed by atoms with E-state index in [1.807, 2.05) is 0 Å². The Labute approximate surface area is 80.6 Å². The summed E-state index contributed by atoms with van der Waals surface area (Å²) in [7, 11) is 0. The minimum Gasteiger partial charge on any atom is -0.491 e. The van der Waals surface area contributed by atoms with Crippen molar-refractivity contribution in [2.45, 2.75) is 6.92 Å². The summed E-state index contributed by atoms with van der Waals surface area (Å²) in [4.78, 5) is 9.96. The number of benzene rings is 1. The summed E-state index contributed by atoms with van der Waals surface area (Å²) in [5, 5.41) is 10.5. The Morgan fingerprint density at radius 3 is 2.64 bits per heavy atom. The van der Waals surface area contributed by atoms with Crippen molar-refractivity contribution in [3.8, 4) is 5.75 Å². The Morgan fingerprint density at radius 1 is 1.50 bits per heavy atom. The summed E-state index contributed by atoms with van der Waals surface area (Å²) in [5.41, 5.74) is 11.0. The number of hydrogen-bond acceptors (Lipinski definition) is 5. The summed E-state index contributed by atoms with van der Waals surface area (Å²) in [5.74, 6) is 0.249. The van der Waals surface area contributed by atoms with Crippen molar-refractivity contribution in [3.63, 3.8) is 0 Å². The van der Waals surface area contributed by atoms with Crippen LogP contribution in [0.3, 0.4) is 0 Å². The Morgan fingerprint density at radius 2 is 2.14 bits per heavy atom. The van der Waals surface area contributed by atoms with Crippen LogP contribution in [0.4, 0.5) is 17.1 Å². The highest BCUT2D eigenvalue weighted by Crippen LogP contribution is 2.33. The molecule has 0 atom stereocenters. The zero-order chi connectivity index (χ0) is 10.7. The predicted octanol–water partition coefficient (Wildman–Crippen LogP) is 1.16.